The second-order valence-corrected chi connectivity index (χ2v) is 7.17. The van der Waals surface area contributed by atoms with Gasteiger partial charge in [-0.05, 0) is 50.3 Å². The number of hydrogen-bond donors (Lipinski definition) is 1. The van der Waals surface area contributed by atoms with Gasteiger partial charge in [0.05, 0.1) is 13.2 Å². The quantitative estimate of drug-likeness (QED) is 0.798. The van der Waals surface area contributed by atoms with Crippen LogP contribution in [0.3, 0.4) is 0 Å². The highest BCUT2D eigenvalue weighted by Crippen LogP contribution is 2.42. The Labute approximate surface area is 140 Å². The van der Waals surface area contributed by atoms with Gasteiger partial charge in [-0.2, -0.15) is 0 Å². The fourth-order valence-corrected chi connectivity index (χ4v) is 4.26. The third-order valence-corrected chi connectivity index (χ3v) is 5.56. The minimum absolute atomic E-state index is 0.112. The zero-order valence-electron chi connectivity index (χ0n) is 13.6. The molecule has 1 aliphatic rings. The minimum atomic E-state index is -0.925. The summed E-state index contributed by atoms with van der Waals surface area (Å²) >= 11 is 1.28. The van der Waals surface area contributed by atoms with Gasteiger partial charge in [0.15, 0.2) is 10.6 Å². The summed E-state index contributed by atoms with van der Waals surface area (Å²) in [6.07, 6.45) is 6.89. The van der Waals surface area contributed by atoms with Crippen LogP contribution < -0.4 is 9.47 Å². The van der Waals surface area contributed by atoms with Crippen LogP contribution in [0, 0.1) is 6.92 Å². The number of aryl methyl sites for hydroxylation is 1. The van der Waals surface area contributed by atoms with Gasteiger partial charge < -0.3 is 14.6 Å². The molecule has 1 saturated carbocycles. The molecule has 0 bridgehead atoms. The lowest BCUT2D eigenvalue weighted by Crippen LogP contribution is -2.16. The standard InChI is InChI=1S/C18H22O4S/c1-11-9-15-13(10-14(11)21-2)16(17(23-15)18(19)20)22-12-7-5-3-4-6-8-12/h9-10,12H,3-8H2,1-2H3,(H,19,20). The highest BCUT2D eigenvalue weighted by molar-refractivity contribution is 7.21. The van der Waals surface area contributed by atoms with Gasteiger partial charge in [0.25, 0.3) is 0 Å². The second-order valence-electron chi connectivity index (χ2n) is 6.11. The number of carbonyl (C=O) groups is 1. The molecule has 1 fully saturated rings. The van der Waals surface area contributed by atoms with Gasteiger partial charge in [0, 0.05) is 10.1 Å². The van der Waals surface area contributed by atoms with Crippen molar-refractivity contribution < 1.29 is 19.4 Å². The molecular formula is C18H22O4S. The van der Waals surface area contributed by atoms with Gasteiger partial charge in [0.1, 0.15) is 5.75 Å². The van der Waals surface area contributed by atoms with Crippen LogP contribution in [0.1, 0.15) is 53.8 Å². The number of fused-ring (bicyclic) bond motifs is 1. The van der Waals surface area contributed by atoms with Crippen LogP contribution in [0.15, 0.2) is 12.1 Å². The number of aromatic carboxylic acids is 1. The molecule has 0 spiro atoms. The second kappa shape index (κ2) is 6.79. The summed E-state index contributed by atoms with van der Waals surface area (Å²) in [4.78, 5) is 11.9. The Morgan fingerprint density at radius 3 is 2.52 bits per heavy atom. The van der Waals surface area contributed by atoms with E-state index in [-0.39, 0.29) is 11.0 Å². The third-order valence-electron chi connectivity index (χ3n) is 4.44. The zero-order valence-corrected chi connectivity index (χ0v) is 14.4. The highest BCUT2D eigenvalue weighted by atomic mass is 32.1. The number of benzene rings is 1. The van der Waals surface area contributed by atoms with Crippen molar-refractivity contribution in [3.63, 3.8) is 0 Å². The van der Waals surface area contributed by atoms with Crippen LogP contribution in [0.5, 0.6) is 11.5 Å². The van der Waals surface area contributed by atoms with Gasteiger partial charge in [0.2, 0.25) is 0 Å². The van der Waals surface area contributed by atoms with E-state index in [1.165, 1.54) is 24.2 Å². The Balaban J connectivity index is 2.04. The maximum absolute atomic E-state index is 11.6. The predicted octanol–water partition coefficient (Wildman–Crippen LogP) is 5.02. The Hall–Kier alpha value is -1.75. The number of carboxylic acids is 1. The van der Waals surface area contributed by atoms with Crippen molar-refractivity contribution in [3.8, 4) is 11.5 Å². The molecule has 2 aromatic rings. The molecule has 0 amide bonds. The van der Waals surface area contributed by atoms with E-state index >= 15 is 0 Å². The lowest BCUT2D eigenvalue weighted by Gasteiger charge is -2.17. The van der Waals surface area contributed by atoms with Crippen LogP contribution in [-0.4, -0.2) is 24.3 Å². The van der Waals surface area contributed by atoms with E-state index < -0.39 is 5.97 Å². The molecule has 23 heavy (non-hydrogen) atoms. The first-order chi connectivity index (χ1) is 11.1. The van der Waals surface area contributed by atoms with E-state index in [9.17, 15) is 9.90 Å². The Morgan fingerprint density at radius 1 is 1.22 bits per heavy atom. The fraction of sp³-hybridized carbons (Fsp3) is 0.500. The Kier molecular flexibility index (Phi) is 4.76. The molecule has 0 unspecified atom stereocenters. The summed E-state index contributed by atoms with van der Waals surface area (Å²) in [5.74, 6) is 0.354. The lowest BCUT2D eigenvalue weighted by molar-refractivity contribution is 0.0694. The van der Waals surface area contributed by atoms with Crippen molar-refractivity contribution in [1.29, 1.82) is 0 Å². The number of ether oxygens (including phenoxy) is 2. The monoisotopic (exact) mass is 334 g/mol. The minimum Gasteiger partial charge on any atom is -0.496 e. The van der Waals surface area contributed by atoms with E-state index in [0.717, 1.165) is 47.1 Å². The summed E-state index contributed by atoms with van der Waals surface area (Å²) in [5.41, 5.74) is 0.999. The topological polar surface area (TPSA) is 55.8 Å². The molecule has 1 aliphatic carbocycles. The number of thiophene rings is 1. The molecule has 5 heteroatoms. The van der Waals surface area contributed by atoms with Crippen molar-refractivity contribution in [3.05, 3.63) is 22.6 Å². The van der Waals surface area contributed by atoms with E-state index in [4.69, 9.17) is 9.47 Å². The molecule has 3 rings (SSSR count). The Bertz CT molecular complexity index is 711. The van der Waals surface area contributed by atoms with Gasteiger partial charge in [-0.15, -0.1) is 11.3 Å². The average Bonchev–Trinajstić information content (AvgIpc) is 2.70. The molecular weight excluding hydrogens is 312 g/mol. The molecule has 124 valence electrons. The van der Waals surface area contributed by atoms with Gasteiger partial charge >= 0.3 is 5.97 Å². The van der Waals surface area contributed by atoms with Gasteiger partial charge in [-0.1, -0.05) is 12.8 Å². The first-order valence-corrected chi connectivity index (χ1v) is 8.93. The number of methoxy groups -OCH3 is 1. The zero-order chi connectivity index (χ0) is 16.4. The number of hydrogen-bond acceptors (Lipinski definition) is 4. The smallest absolute Gasteiger partial charge is 0.349 e. The number of carboxylic acid groups (broad SMARTS) is 1. The molecule has 4 nitrogen and oxygen atoms in total. The molecule has 1 heterocycles. The van der Waals surface area contributed by atoms with Gasteiger partial charge in [-0.25, -0.2) is 4.79 Å². The van der Waals surface area contributed by atoms with Crippen molar-refractivity contribution in [2.24, 2.45) is 0 Å². The molecule has 0 atom stereocenters. The predicted molar refractivity (Wildman–Crippen MR) is 92.2 cm³/mol. The van der Waals surface area contributed by atoms with Crippen LogP contribution in [0.4, 0.5) is 0 Å². The van der Waals surface area contributed by atoms with E-state index in [0.29, 0.717) is 5.75 Å². The SMILES string of the molecule is COc1cc2c(OC3CCCCCC3)c(C(=O)O)sc2cc1C. The van der Waals surface area contributed by atoms with Crippen molar-refractivity contribution in [2.75, 3.05) is 7.11 Å². The average molecular weight is 334 g/mol. The van der Waals surface area contributed by atoms with Crippen LogP contribution in [0.2, 0.25) is 0 Å². The summed E-state index contributed by atoms with van der Waals surface area (Å²) < 4.78 is 12.5. The van der Waals surface area contributed by atoms with E-state index in [1.807, 2.05) is 19.1 Å². The maximum Gasteiger partial charge on any atom is 0.349 e. The summed E-state index contributed by atoms with van der Waals surface area (Å²) in [7, 11) is 1.63. The van der Waals surface area contributed by atoms with Crippen LogP contribution in [-0.2, 0) is 0 Å². The fourth-order valence-electron chi connectivity index (χ4n) is 3.21. The first kappa shape index (κ1) is 16.1. The molecule has 1 aromatic heterocycles. The largest absolute Gasteiger partial charge is 0.496 e. The van der Waals surface area contributed by atoms with E-state index in [2.05, 4.69) is 0 Å². The summed E-state index contributed by atoms with van der Waals surface area (Å²) in [5, 5.41) is 10.4. The summed E-state index contributed by atoms with van der Waals surface area (Å²) in [6.45, 7) is 1.96. The van der Waals surface area contributed by atoms with Crippen molar-refractivity contribution >= 4 is 27.4 Å². The maximum atomic E-state index is 11.6. The van der Waals surface area contributed by atoms with Crippen molar-refractivity contribution in [2.45, 2.75) is 51.6 Å². The van der Waals surface area contributed by atoms with E-state index in [1.54, 1.807) is 7.11 Å². The molecule has 0 radical (unpaired) electrons. The van der Waals surface area contributed by atoms with Crippen LogP contribution in [0.25, 0.3) is 10.1 Å². The molecule has 1 N–H and O–H groups in total. The molecule has 1 aromatic carbocycles. The molecule has 0 aliphatic heterocycles. The van der Waals surface area contributed by atoms with Gasteiger partial charge in [-0.3, -0.25) is 0 Å². The lowest BCUT2D eigenvalue weighted by atomic mass is 10.1. The molecule has 0 saturated heterocycles. The van der Waals surface area contributed by atoms with Crippen LogP contribution >= 0.6 is 11.3 Å². The summed E-state index contributed by atoms with van der Waals surface area (Å²) in [6, 6.07) is 3.88. The highest BCUT2D eigenvalue weighted by Gasteiger charge is 2.24. The normalized spacial score (nSPS) is 16.3. The first-order valence-electron chi connectivity index (χ1n) is 8.11. The third kappa shape index (κ3) is 3.29. The Morgan fingerprint density at radius 2 is 1.91 bits per heavy atom. The number of rotatable bonds is 4. The van der Waals surface area contributed by atoms with Crippen molar-refractivity contribution in [1.82, 2.24) is 0 Å².